The molecule has 188 valence electrons. The molecule has 1 aliphatic heterocycles. The normalized spacial score (nSPS) is 15.3. The Hall–Kier alpha value is -4.47. The molecular weight excluding hydrogens is 520 g/mol. The number of amides is 1. The number of para-hydroxylation sites is 1. The fourth-order valence-corrected chi connectivity index (χ4v) is 6.08. The predicted octanol–water partition coefficient (Wildman–Crippen LogP) is 6.94. The maximum absolute atomic E-state index is 13.6. The van der Waals surface area contributed by atoms with Crippen LogP contribution in [-0.2, 0) is 4.79 Å². The van der Waals surface area contributed by atoms with Gasteiger partial charge in [0.2, 0.25) is 5.78 Å². The molecule has 1 aliphatic rings. The maximum atomic E-state index is 13.6. The number of thiophene rings is 1. The third-order valence-electron chi connectivity index (χ3n) is 6.14. The molecule has 3 aromatic carbocycles. The van der Waals surface area contributed by atoms with Crippen LogP contribution in [0.15, 0.2) is 102 Å². The Morgan fingerprint density at radius 1 is 0.947 bits per heavy atom. The van der Waals surface area contributed by atoms with Gasteiger partial charge in [0.25, 0.3) is 5.91 Å². The molecule has 1 amide bonds. The first-order valence-electron chi connectivity index (χ1n) is 11.7. The molecule has 7 nitrogen and oxygen atoms in total. The van der Waals surface area contributed by atoms with Crippen molar-refractivity contribution in [1.82, 2.24) is 4.98 Å². The minimum absolute atomic E-state index is 0.00569. The molecule has 0 saturated heterocycles. The molecule has 5 aromatic rings. The van der Waals surface area contributed by atoms with Crippen LogP contribution in [0.4, 0.5) is 5.13 Å². The number of rotatable bonds is 7. The Balaban J connectivity index is 1.47. The Morgan fingerprint density at radius 2 is 1.76 bits per heavy atom. The van der Waals surface area contributed by atoms with E-state index in [2.05, 4.69) is 4.98 Å². The molecule has 1 N–H and O–H groups in total. The summed E-state index contributed by atoms with van der Waals surface area (Å²) in [4.78, 5) is 33.6. The Labute approximate surface area is 225 Å². The first-order valence-corrected chi connectivity index (χ1v) is 13.4. The van der Waals surface area contributed by atoms with Crippen molar-refractivity contribution in [3.8, 4) is 17.2 Å². The molecule has 9 heteroatoms. The van der Waals surface area contributed by atoms with E-state index in [4.69, 9.17) is 9.47 Å². The van der Waals surface area contributed by atoms with Crippen molar-refractivity contribution in [3.05, 3.63) is 112 Å². The highest BCUT2D eigenvalue weighted by Crippen LogP contribution is 2.45. The van der Waals surface area contributed by atoms with E-state index in [1.54, 1.807) is 55.0 Å². The molecule has 38 heavy (non-hydrogen) atoms. The number of thiazole rings is 1. The summed E-state index contributed by atoms with van der Waals surface area (Å²) in [6.07, 6.45) is 0. The van der Waals surface area contributed by atoms with E-state index >= 15 is 0 Å². The standard InChI is InChI=1S/C29H20N2O5S2/c1-35-19-12-13-21-23(16-19)38-29(30-21)31-25(24(27(33)28(31)34)26(32)22-11-6-14-37-22)17-7-5-10-20(15-17)36-18-8-3-2-4-9-18/h2-16,25,33H,1H3. The van der Waals surface area contributed by atoms with Crippen molar-refractivity contribution in [1.29, 1.82) is 0 Å². The van der Waals surface area contributed by atoms with Gasteiger partial charge in [-0.3, -0.25) is 14.5 Å². The van der Waals surface area contributed by atoms with E-state index in [1.807, 2.05) is 42.5 Å². The van der Waals surface area contributed by atoms with E-state index < -0.39 is 23.5 Å². The van der Waals surface area contributed by atoms with Gasteiger partial charge in [-0.05, 0) is 59.5 Å². The van der Waals surface area contributed by atoms with Crippen molar-refractivity contribution >= 4 is 49.7 Å². The van der Waals surface area contributed by atoms with Gasteiger partial charge >= 0.3 is 0 Å². The van der Waals surface area contributed by atoms with Crippen LogP contribution in [-0.4, -0.2) is 28.9 Å². The number of benzene rings is 3. The number of hydrogen-bond acceptors (Lipinski definition) is 8. The summed E-state index contributed by atoms with van der Waals surface area (Å²) < 4.78 is 12.2. The van der Waals surface area contributed by atoms with Crippen molar-refractivity contribution in [2.24, 2.45) is 0 Å². The van der Waals surface area contributed by atoms with Crippen LogP contribution in [0.5, 0.6) is 17.2 Å². The lowest BCUT2D eigenvalue weighted by Gasteiger charge is -2.24. The van der Waals surface area contributed by atoms with E-state index in [9.17, 15) is 14.7 Å². The first kappa shape index (κ1) is 23.9. The molecule has 0 saturated carbocycles. The lowest BCUT2D eigenvalue weighted by molar-refractivity contribution is -0.117. The number of aromatic nitrogens is 1. The summed E-state index contributed by atoms with van der Waals surface area (Å²) in [6.45, 7) is 0. The molecule has 6 rings (SSSR count). The van der Waals surface area contributed by atoms with Crippen molar-refractivity contribution in [3.63, 3.8) is 0 Å². The predicted molar refractivity (Wildman–Crippen MR) is 148 cm³/mol. The minimum atomic E-state index is -0.904. The number of aliphatic hydroxyl groups excluding tert-OH is 1. The molecule has 1 unspecified atom stereocenters. The van der Waals surface area contributed by atoms with Crippen LogP contribution in [0, 0.1) is 0 Å². The number of methoxy groups -OCH3 is 1. The summed E-state index contributed by atoms with van der Waals surface area (Å²) in [5.74, 6) is 0.171. The van der Waals surface area contributed by atoms with Gasteiger partial charge in [-0.15, -0.1) is 11.3 Å². The van der Waals surface area contributed by atoms with Gasteiger partial charge in [-0.1, -0.05) is 47.7 Å². The Morgan fingerprint density at radius 3 is 2.53 bits per heavy atom. The largest absolute Gasteiger partial charge is 0.503 e. The van der Waals surface area contributed by atoms with Crippen LogP contribution in [0.1, 0.15) is 21.3 Å². The molecule has 1 atom stereocenters. The van der Waals surface area contributed by atoms with Gasteiger partial charge in [0.15, 0.2) is 10.9 Å². The van der Waals surface area contributed by atoms with Gasteiger partial charge in [-0.25, -0.2) is 4.98 Å². The number of fused-ring (bicyclic) bond motifs is 1. The maximum Gasteiger partial charge on any atom is 0.296 e. The number of ketones is 1. The highest BCUT2D eigenvalue weighted by Gasteiger charge is 2.46. The third kappa shape index (κ3) is 4.21. The van der Waals surface area contributed by atoms with Crippen LogP contribution in [0.2, 0.25) is 0 Å². The fourth-order valence-electron chi connectivity index (χ4n) is 4.39. The van der Waals surface area contributed by atoms with Crippen molar-refractivity contribution < 1.29 is 24.2 Å². The number of ether oxygens (including phenoxy) is 2. The Kier molecular flexibility index (Phi) is 6.15. The van der Waals surface area contributed by atoms with Gasteiger partial charge in [0, 0.05) is 0 Å². The van der Waals surface area contributed by atoms with Crippen molar-refractivity contribution in [2.75, 3.05) is 12.0 Å². The van der Waals surface area contributed by atoms with Gasteiger partial charge in [0.05, 0.1) is 33.8 Å². The lowest BCUT2D eigenvalue weighted by atomic mass is 9.95. The van der Waals surface area contributed by atoms with Crippen LogP contribution in [0.3, 0.4) is 0 Å². The molecule has 3 heterocycles. The quantitative estimate of drug-likeness (QED) is 0.225. The van der Waals surface area contributed by atoms with Crippen LogP contribution >= 0.6 is 22.7 Å². The number of nitrogens with zero attached hydrogens (tertiary/aromatic N) is 2. The van der Waals surface area contributed by atoms with Crippen LogP contribution < -0.4 is 14.4 Å². The number of carbonyl (C=O) groups is 2. The fraction of sp³-hybridized carbons (Fsp3) is 0.0690. The first-order chi connectivity index (χ1) is 18.5. The van der Waals surface area contributed by atoms with Gasteiger partial charge in [-0.2, -0.15) is 0 Å². The summed E-state index contributed by atoms with van der Waals surface area (Å²) in [7, 11) is 1.58. The van der Waals surface area contributed by atoms with Crippen molar-refractivity contribution in [2.45, 2.75) is 6.04 Å². The monoisotopic (exact) mass is 540 g/mol. The SMILES string of the molecule is COc1ccc2nc(N3C(=O)C(O)=C(C(=O)c4cccs4)C3c3cccc(Oc4ccccc4)c3)sc2c1. The smallest absolute Gasteiger partial charge is 0.296 e. The van der Waals surface area contributed by atoms with E-state index in [0.29, 0.717) is 38.3 Å². The highest BCUT2D eigenvalue weighted by atomic mass is 32.1. The second kappa shape index (κ2) is 9.77. The second-order valence-corrected chi connectivity index (χ2v) is 10.4. The molecule has 0 radical (unpaired) electrons. The molecule has 2 aromatic heterocycles. The molecule has 0 fully saturated rings. The zero-order chi connectivity index (χ0) is 26.2. The number of anilines is 1. The topological polar surface area (TPSA) is 89.0 Å². The summed E-state index contributed by atoms with van der Waals surface area (Å²) in [5.41, 5.74) is 1.29. The Bertz CT molecular complexity index is 1690. The van der Waals surface area contributed by atoms with E-state index in [-0.39, 0.29) is 5.57 Å². The van der Waals surface area contributed by atoms with Gasteiger partial charge < -0.3 is 14.6 Å². The molecule has 0 bridgehead atoms. The highest BCUT2D eigenvalue weighted by molar-refractivity contribution is 7.22. The molecule has 0 spiro atoms. The zero-order valence-corrected chi connectivity index (χ0v) is 21.7. The second-order valence-electron chi connectivity index (χ2n) is 8.46. The number of aliphatic hydroxyl groups is 1. The number of carbonyl (C=O) groups excluding carboxylic acids is 2. The zero-order valence-electron chi connectivity index (χ0n) is 20.0. The van der Waals surface area contributed by atoms with E-state index in [0.717, 1.165) is 4.70 Å². The third-order valence-corrected chi connectivity index (χ3v) is 8.03. The molecule has 0 aliphatic carbocycles. The average molecular weight is 541 g/mol. The van der Waals surface area contributed by atoms with Gasteiger partial charge in [0.1, 0.15) is 17.2 Å². The number of hydrogen-bond donors (Lipinski definition) is 1. The van der Waals surface area contributed by atoms with E-state index in [1.165, 1.54) is 27.6 Å². The summed E-state index contributed by atoms with van der Waals surface area (Å²) in [5, 5.41) is 13.2. The average Bonchev–Trinajstić information content (AvgIpc) is 3.67. The summed E-state index contributed by atoms with van der Waals surface area (Å²) >= 11 is 2.53. The number of Topliss-reactive ketones (excluding diaryl/α,β-unsaturated/α-hetero) is 1. The summed E-state index contributed by atoms with van der Waals surface area (Å²) in [6, 6.07) is 24.5. The minimum Gasteiger partial charge on any atom is -0.503 e. The van der Waals surface area contributed by atoms with Crippen LogP contribution in [0.25, 0.3) is 10.2 Å². The lowest BCUT2D eigenvalue weighted by Crippen LogP contribution is -2.30. The molecular formula is C29H20N2O5S2.